The second kappa shape index (κ2) is 11.5. The topological polar surface area (TPSA) is 84.9 Å². The first kappa shape index (κ1) is 22.8. The van der Waals surface area contributed by atoms with Crippen molar-refractivity contribution in [3.05, 3.63) is 64.6 Å². The summed E-state index contributed by atoms with van der Waals surface area (Å²) in [5, 5.41) is 11.3. The molecule has 2 aromatic rings. The van der Waals surface area contributed by atoms with Gasteiger partial charge in [-0.3, -0.25) is 9.59 Å². The molecule has 2 N–H and O–H groups in total. The number of benzene rings is 2. The minimum absolute atomic E-state index is 0.185. The average Bonchev–Trinajstić information content (AvgIpc) is 3.06. The van der Waals surface area contributed by atoms with E-state index < -0.39 is 5.97 Å². The fourth-order valence-corrected chi connectivity index (χ4v) is 3.97. The highest BCUT2D eigenvalue weighted by molar-refractivity contribution is 8.26. The van der Waals surface area contributed by atoms with Crippen molar-refractivity contribution in [2.24, 2.45) is 0 Å². The Balaban J connectivity index is 1.54. The van der Waals surface area contributed by atoms with Crippen LogP contribution in [0.3, 0.4) is 0 Å². The highest BCUT2D eigenvalue weighted by Crippen LogP contribution is 2.27. The molecule has 1 heterocycles. The van der Waals surface area contributed by atoms with Crippen LogP contribution >= 0.6 is 24.0 Å². The number of amides is 1. The van der Waals surface area contributed by atoms with Crippen LogP contribution in [-0.4, -0.2) is 27.9 Å². The molecule has 3 rings (SSSR count). The number of nitrogens with one attached hydrogen (secondary N) is 1. The molecule has 2 aromatic carbocycles. The third kappa shape index (κ3) is 7.41. The molecule has 162 valence electrons. The second-order valence-electron chi connectivity index (χ2n) is 6.87. The van der Waals surface area contributed by atoms with Gasteiger partial charge in [-0.05, 0) is 49.1 Å². The van der Waals surface area contributed by atoms with Gasteiger partial charge in [-0.25, -0.2) is 0 Å². The number of aliphatic carboxylic acids is 1. The molecule has 1 saturated heterocycles. The SMILES string of the molecule is O=C(O)CCCCCOc1ccccc1COc1cccc(C=C2SC(=S)NC2=O)c1. The number of hydrogen-bond acceptors (Lipinski definition) is 6. The number of para-hydroxylation sites is 1. The van der Waals surface area contributed by atoms with Crippen molar-refractivity contribution in [3.63, 3.8) is 0 Å². The molecular formula is C23H23NO5S2. The van der Waals surface area contributed by atoms with Crippen LogP contribution in [-0.2, 0) is 16.2 Å². The number of carbonyl (C=O) groups is 2. The number of carbonyl (C=O) groups excluding carboxylic acids is 1. The summed E-state index contributed by atoms with van der Waals surface area (Å²) in [4.78, 5) is 22.9. The van der Waals surface area contributed by atoms with Crippen molar-refractivity contribution in [2.45, 2.75) is 32.3 Å². The van der Waals surface area contributed by atoms with Gasteiger partial charge in [0.25, 0.3) is 5.91 Å². The van der Waals surface area contributed by atoms with E-state index >= 15 is 0 Å². The zero-order chi connectivity index (χ0) is 22.1. The third-order valence-corrected chi connectivity index (χ3v) is 5.62. The molecule has 6 nitrogen and oxygen atoms in total. The van der Waals surface area contributed by atoms with E-state index in [1.54, 1.807) is 6.08 Å². The van der Waals surface area contributed by atoms with Crippen molar-refractivity contribution in [2.75, 3.05) is 6.61 Å². The molecule has 8 heteroatoms. The van der Waals surface area contributed by atoms with Crippen LogP contribution in [0.15, 0.2) is 53.4 Å². The summed E-state index contributed by atoms with van der Waals surface area (Å²) in [6, 6.07) is 15.2. The first-order chi connectivity index (χ1) is 15.0. The fourth-order valence-electron chi connectivity index (χ4n) is 2.93. The van der Waals surface area contributed by atoms with Crippen LogP contribution in [0.1, 0.15) is 36.8 Å². The van der Waals surface area contributed by atoms with Crippen LogP contribution < -0.4 is 14.8 Å². The van der Waals surface area contributed by atoms with E-state index in [-0.39, 0.29) is 12.3 Å². The predicted octanol–water partition coefficient (Wildman–Crippen LogP) is 4.78. The molecule has 1 aliphatic rings. The summed E-state index contributed by atoms with van der Waals surface area (Å²) in [6.07, 6.45) is 4.24. The Morgan fingerprint density at radius 2 is 1.94 bits per heavy atom. The van der Waals surface area contributed by atoms with Gasteiger partial charge in [0, 0.05) is 12.0 Å². The van der Waals surface area contributed by atoms with Gasteiger partial charge in [-0.2, -0.15) is 0 Å². The lowest BCUT2D eigenvalue weighted by atomic mass is 10.2. The Kier molecular flexibility index (Phi) is 8.49. The lowest BCUT2D eigenvalue weighted by molar-refractivity contribution is -0.137. The minimum Gasteiger partial charge on any atom is -0.493 e. The number of ether oxygens (including phenoxy) is 2. The van der Waals surface area contributed by atoms with Gasteiger partial charge in [0.15, 0.2) is 0 Å². The van der Waals surface area contributed by atoms with Crippen LogP contribution in [0.5, 0.6) is 11.5 Å². The lowest BCUT2D eigenvalue weighted by Crippen LogP contribution is -2.17. The Morgan fingerprint density at radius 1 is 1.10 bits per heavy atom. The molecule has 0 aromatic heterocycles. The number of rotatable bonds is 11. The smallest absolute Gasteiger partial charge is 0.303 e. The van der Waals surface area contributed by atoms with Gasteiger partial charge in [-0.1, -0.05) is 54.3 Å². The largest absolute Gasteiger partial charge is 0.493 e. The molecule has 0 radical (unpaired) electrons. The second-order valence-corrected chi connectivity index (χ2v) is 8.59. The van der Waals surface area contributed by atoms with Crippen molar-refractivity contribution in [1.82, 2.24) is 5.32 Å². The molecule has 0 aliphatic carbocycles. The fraction of sp³-hybridized carbons (Fsp3) is 0.261. The normalized spacial score (nSPS) is 14.5. The summed E-state index contributed by atoms with van der Waals surface area (Å²) < 4.78 is 12.3. The molecular weight excluding hydrogens is 434 g/mol. The van der Waals surface area contributed by atoms with E-state index in [2.05, 4.69) is 5.32 Å². The Morgan fingerprint density at radius 3 is 2.71 bits per heavy atom. The average molecular weight is 458 g/mol. The Bertz CT molecular complexity index is 989. The van der Waals surface area contributed by atoms with Gasteiger partial charge in [-0.15, -0.1) is 0 Å². The van der Waals surface area contributed by atoms with E-state index in [0.29, 0.717) is 34.6 Å². The maximum absolute atomic E-state index is 11.8. The van der Waals surface area contributed by atoms with Crippen molar-refractivity contribution in [3.8, 4) is 11.5 Å². The molecule has 1 aliphatic heterocycles. The highest BCUT2D eigenvalue weighted by Gasteiger charge is 2.21. The predicted molar refractivity (Wildman–Crippen MR) is 125 cm³/mol. The molecule has 0 bridgehead atoms. The molecule has 31 heavy (non-hydrogen) atoms. The van der Waals surface area contributed by atoms with Gasteiger partial charge in [0.2, 0.25) is 0 Å². The minimum atomic E-state index is -0.766. The number of thiocarbonyl (C=S) groups is 1. The molecule has 0 spiro atoms. The molecule has 1 fully saturated rings. The Labute approximate surface area is 190 Å². The summed E-state index contributed by atoms with van der Waals surface area (Å²) in [5.74, 6) is 0.489. The first-order valence-electron chi connectivity index (χ1n) is 9.91. The molecule has 0 unspecified atom stereocenters. The van der Waals surface area contributed by atoms with E-state index in [1.807, 2.05) is 48.5 Å². The van der Waals surface area contributed by atoms with Crippen LogP contribution in [0.4, 0.5) is 0 Å². The standard InChI is InChI=1S/C23H23NO5S2/c25-21(26)11-2-1-5-12-28-19-10-4-3-8-17(19)15-29-18-9-6-7-16(13-18)14-20-22(27)24-23(30)31-20/h3-4,6-10,13-14H,1-2,5,11-12,15H2,(H,25,26)(H,24,27,30). The number of thioether (sulfide) groups is 1. The highest BCUT2D eigenvalue weighted by atomic mass is 32.2. The van der Waals surface area contributed by atoms with Crippen molar-refractivity contribution < 1.29 is 24.2 Å². The maximum Gasteiger partial charge on any atom is 0.303 e. The quantitative estimate of drug-likeness (QED) is 0.285. The molecule has 1 amide bonds. The van der Waals surface area contributed by atoms with Crippen molar-refractivity contribution >= 4 is 46.3 Å². The van der Waals surface area contributed by atoms with Gasteiger partial charge >= 0.3 is 5.97 Å². The lowest BCUT2D eigenvalue weighted by Gasteiger charge is -2.13. The maximum atomic E-state index is 11.8. The first-order valence-corrected chi connectivity index (χ1v) is 11.1. The van der Waals surface area contributed by atoms with E-state index in [1.165, 1.54) is 11.8 Å². The van der Waals surface area contributed by atoms with E-state index in [0.717, 1.165) is 29.7 Å². The number of carboxylic acids is 1. The monoisotopic (exact) mass is 457 g/mol. The summed E-state index contributed by atoms with van der Waals surface area (Å²) in [7, 11) is 0. The number of carboxylic acid groups (broad SMARTS) is 1. The van der Waals surface area contributed by atoms with E-state index in [9.17, 15) is 9.59 Å². The van der Waals surface area contributed by atoms with Crippen LogP contribution in [0.25, 0.3) is 6.08 Å². The summed E-state index contributed by atoms with van der Waals surface area (Å²) in [5.41, 5.74) is 1.78. The van der Waals surface area contributed by atoms with E-state index in [4.69, 9.17) is 26.8 Å². The zero-order valence-corrected chi connectivity index (χ0v) is 18.5. The molecule has 0 atom stereocenters. The molecule has 0 saturated carbocycles. The number of unbranched alkanes of at least 4 members (excludes halogenated alkanes) is 2. The van der Waals surface area contributed by atoms with Gasteiger partial charge in [0.05, 0.1) is 11.5 Å². The number of hydrogen-bond donors (Lipinski definition) is 2. The van der Waals surface area contributed by atoms with Crippen LogP contribution in [0, 0.1) is 0 Å². The zero-order valence-electron chi connectivity index (χ0n) is 16.8. The third-order valence-electron chi connectivity index (χ3n) is 4.46. The Hall–Kier alpha value is -2.84. The summed E-state index contributed by atoms with van der Waals surface area (Å²) >= 11 is 6.26. The van der Waals surface area contributed by atoms with Crippen LogP contribution in [0.2, 0.25) is 0 Å². The summed E-state index contributed by atoms with van der Waals surface area (Å²) in [6.45, 7) is 0.871. The van der Waals surface area contributed by atoms with Gasteiger partial charge < -0.3 is 19.9 Å². The van der Waals surface area contributed by atoms with Crippen molar-refractivity contribution in [1.29, 1.82) is 0 Å². The van der Waals surface area contributed by atoms with Gasteiger partial charge in [0.1, 0.15) is 22.4 Å².